The van der Waals surface area contributed by atoms with Gasteiger partial charge >= 0.3 is 6.03 Å². The predicted molar refractivity (Wildman–Crippen MR) is 113 cm³/mol. The van der Waals surface area contributed by atoms with Gasteiger partial charge in [-0.3, -0.25) is 4.79 Å². The average Bonchev–Trinajstić information content (AvgIpc) is 2.59. The molecule has 160 valence electrons. The number of urea groups is 1. The minimum absolute atomic E-state index is 0. The normalized spacial score (nSPS) is 35.0. The molecule has 0 radical (unpaired) electrons. The van der Waals surface area contributed by atoms with E-state index in [-0.39, 0.29) is 35.3 Å². The van der Waals surface area contributed by atoms with Gasteiger partial charge in [0, 0.05) is 25.0 Å². The number of piperidine rings is 1. The first kappa shape index (κ1) is 21.7. The summed E-state index contributed by atoms with van der Waals surface area (Å²) in [5, 5.41) is 12.6. The van der Waals surface area contributed by atoms with Crippen LogP contribution in [0.1, 0.15) is 64.7 Å². The second-order valence-corrected chi connectivity index (χ2v) is 10.2. The molecule has 6 nitrogen and oxygen atoms in total. The number of carbonyl (C=O) groups is 2. The van der Waals surface area contributed by atoms with Gasteiger partial charge < -0.3 is 21.3 Å². The number of halogens is 1. The largest absolute Gasteiger partial charge is 0.355 e. The van der Waals surface area contributed by atoms with Gasteiger partial charge in [-0.25, -0.2) is 4.79 Å². The van der Waals surface area contributed by atoms with Crippen molar-refractivity contribution in [3.8, 4) is 0 Å². The molecule has 5 aliphatic rings. The van der Waals surface area contributed by atoms with Gasteiger partial charge in [0.15, 0.2) is 0 Å². The van der Waals surface area contributed by atoms with Crippen LogP contribution in [0.25, 0.3) is 0 Å². The van der Waals surface area contributed by atoms with Crippen LogP contribution in [0.15, 0.2) is 0 Å². The Balaban J connectivity index is 0.00000225. The molecule has 1 aliphatic heterocycles. The molecular weight excluding hydrogens is 376 g/mol. The Labute approximate surface area is 175 Å². The first-order valence-electron chi connectivity index (χ1n) is 11.0. The van der Waals surface area contributed by atoms with E-state index in [9.17, 15) is 9.59 Å². The van der Waals surface area contributed by atoms with Crippen molar-refractivity contribution in [2.24, 2.45) is 23.2 Å². The van der Waals surface area contributed by atoms with Crippen LogP contribution in [-0.4, -0.2) is 43.7 Å². The van der Waals surface area contributed by atoms with Gasteiger partial charge in [-0.1, -0.05) is 6.92 Å². The molecule has 4 N–H and O–H groups in total. The van der Waals surface area contributed by atoms with E-state index in [0.29, 0.717) is 13.0 Å². The van der Waals surface area contributed by atoms with Crippen LogP contribution >= 0.6 is 12.4 Å². The molecule has 7 heteroatoms. The number of nitrogens with one attached hydrogen (secondary N) is 4. The second-order valence-electron chi connectivity index (χ2n) is 10.2. The highest BCUT2D eigenvalue weighted by atomic mass is 35.5. The lowest BCUT2D eigenvalue weighted by Crippen LogP contribution is -2.61. The third kappa shape index (κ3) is 5.12. The number of hydrogen-bond donors (Lipinski definition) is 4. The molecule has 4 bridgehead atoms. The van der Waals surface area contributed by atoms with Crippen molar-refractivity contribution < 1.29 is 9.59 Å². The molecule has 1 saturated heterocycles. The van der Waals surface area contributed by atoms with E-state index in [0.717, 1.165) is 69.5 Å². The molecule has 0 unspecified atom stereocenters. The van der Waals surface area contributed by atoms with E-state index in [1.165, 1.54) is 19.3 Å². The molecule has 0 aromatic rings. The maximum Gasteiger partial charge on any atom is 0.315 e. The van der Waals surface area contributed by atoms with Crippen molar-refractivity contribution >= 4 is 24.3 Å². The topological polar surface area (TPSA) is 82.3 Å². The molecule has 4 saturated carbocycles. The Bertz CT molecular complexity index is 541. The number of carbonyl (C=O) groups excluding carboxylic acids is 2. The summed E-state index contributed by atoms with van der Waals surface area (Å²) in [5.41, 5.74) is 0.231. The van der Waals surface area contributed by atoms with Gasteiger partial charge in [0.05, 0.1) is 0 Å². The van der Waals surface area contributed by atoms with Gasteiger partial charge in [-0.15, -0.1) is 12.4 Å². The van der Waals surface area contributed by atoms with E-state index in [1.54, 1.807) is 0 Å². The quantitative estimate of drug-likeness (QED) is 0.541. The smallest absolute Gasteiger partial charge is 0.315 e. The van der Waals surface area contributed by atoms with Crippen LogP contribution in [-0.2, 0) is 4.79 Å². The van der Waals surface area contributed by atoms with Crippen LogP contribution in [0.2, 0.25) is 0 Å². The van der Waals surface area contributed by atoms with Crippen LogP contribution < -0.4 is 21.3 Å². The van der Waals surface area contributed by atoms with Crippen molar-refractivity contribution in [1.82, 2.24) is 21.3 Å². The van der Waals surface area contributed by atoms with E-state index in [2.05, 4.69) is 28.2 Å². The van der Waals surface area contributed by atoms with Crippen LogP contribution in [0.3, 0.4) is 0 Å². The van der Waals surface area contributed by atoms with Gasteiger partial charge in [-0.05, 0) is 87.6 Å². The predicted octanol–water partition coefficient (Wildman–Crippen LogP) is 2.57. The lowest BCUT2D eigenvalue weighted by atomic mass is 9.53. The molecule has 0 aromatic carbocycles. The van der Waals surface area contributed by atoms with E-state index < -0.39 is 0 Å². The monoisotopic (exact) mass is 412 g/mol. The lowest BCUT2D eigenvalue weighted by molar-refractivity contribution is -0.121. The Morgan fingerprint density at radius 1 is 0.964 bits per heavy atom. The summed E-state index contributed by atoms with van der Waals surface area (Å²) in [5.74, 6) is 2.49. The zero-order valence-electron chi connectivity index (χ0n) is 17.1. The van der Waals surface area contributed by atoms with Gasteiger partial charge in [0.1, 0.15) is 0 Å². The van der Waals surface area contributed by atoms with Gasteiger partial charge in [-0.2, -0.15) is 0 Å². The van der Waals surface area contributed by atoms with E-state index in [1.807, 2.05) is 0 Å². The summed E-state index contributed by atoms with van der Waals surface area (Å²) in [6, 6.07) is -0.0879. The molecular formula is C21H37ClN4O2. The van der Waals surface area contributed by atoms with Crippen molar-refractivity contribution in [2.45, 2.75) is 70.3 Å². The second kappa shape index (κ2) is 8.78. The van der Waals surface area contributed by atoms with Crippen molar-refractivity contribution in [3.05, 3.63) is 0 Å². The highest BCUT2D eigenvalue weighted by Gasteiger charge is 2.51. The maximum absolute atomic E-state index is 12.4. The fourth-order valence-electron chi connectivity index (χ4n) is 6.45. The Hall–Kier alpha value is -1.01. The summed E-state index contributed by atoms with van der Waals surface area (Å²) in [7, 11) is 0. The van der Waals surface area contributed by atoms with Crippen LogP contribution in [0.4, 0.5) is 4.79 Å². The number of amides is 3. The first-order valence-corrected chi connectivity index (χ1v) is 11.0. The molecule has 5 rings (SSSR count). The molecule has 0 atom stereocenters. The summed E-state index contributed by atoms with van der Waals surface area (Å²) in [6.45, 7) is 5.43. The molecule has 3 amide bonds. The van der Waals surface area contributed by atoms with Gasteiger partial charge in [0.25, 0.3) is 0 Å². The standard InChI is InChI=1S/C21H36N4O2.ClH/c1-20(3-6-22-7-4-20)14-24-18(26)2-5-23-19(27)25-21-11-15-8-16(12-21)10-17(9-15)13-21;/h15-17,22H,2-14H2,1H3,(H,24,26)(H2,23,25,27);1H. The number of rotatable bonds is 6. The summed E-state index contributed by atoms with van der Waals surface area (Å²) < 4.78 is 0. The zero-order valence-corrected chi connectivity index (χ0v) is 18.0. The fraction of sp³-hybridized carbons (Fsp3) is 0.905. The Morgan fingerprint density at radius 3 is 2.11 bits per heavy atom. The van der Waals surface area contributed by atoms with Gasteiger partial charge in [0.2, 0.25) is 5.91 Å². The molecule has 0 aromatic heterocycles. The van der Waals surface area contributed by atoms with Crippen molar-refractivity contribution in [2.75, 3.05) is 26.2 Å². The van der Waals surface area contributed by atoms with E-state index >= 15 is 0 Å². The average molecular weight is 413 g/mol. The SMILES string of the molecule is CC1(CNC(=O)CCNC(=O)NC23CC4CC(CC(C4)C2)C3)CCNCC1.Cl. The minimum atomic E-state index is -0.0879. The summed E-state index contributed by atoms with van der Waals surface area (Å²) >= 11 is 0. The number of hydrogen-bond acceptors (Lipinski definition) is 3. The molecule has 0 spiro atoms. The minimum Gasteiger partial charge on any atom is -0.355 e. The fourth-order valence-corrected chi connectivity index (χ4v) is 6.45. The highest BCUT2D eigenvalue weighted by molar-refractivity contribution is 5.85. The summed E-state index contributed by atoms with van der Waals surface area (Å²) in [6.07, 6.45) is 10.1. The molecule has 4 aliphatic carbocycles. The molecule has 5 fully saturated rings. The Kier molecular flexibility index (Phi) is 6.80. The lowest BCUT2D eigenvalue weighted by Gasteiger charge is -2.56. The van der Waals surface area contributed by atoms with Crippen molar-refractivity contribution in [3.63, 3.8) is 0 Å². The molecule has 1 heterocycles. The Morgan fingerprint density at radius 2 is 1.54 bits per heavy atom. The third-order valence-electron chi connectivity index (χ3n) is 7.58. The summed E-state index contributed by atoms with van der Waals surface area (Å²) in [4.78, 5) is 24.5. The first-order chi connectivity index (χ1) is 12.9. The van der Waals surface area contributed by atoms with Crippen LogP contribution in [0.5, 0.6) is 0 Å². The zero-order chi connectivity index (χ0) is 18.9. The molecule has 28 heavy (non-hydrogen) atoms. The third-order valence-corrected chi connectivity index (χ3v) is 7.58. The maximum atomic E-state index is 12.4. The highest BCUT2D eigenvalue weighted by Crippen LogP contribution is 2.55. The van der Waals surface area contributed by atoms with Crippen molar-refractivity contribution in [1.29, 1.82) is 0 Å². The van der Waals surface area contributed by atoms with E-state index in [4.69, 9.17) is 0 Å². The van der Waals surface area contributed by atoms with Crippen LogP contribution in [0, 0.1) is 23.2 Å².